The van der Waals surface area contributed by atoms with E-state index in [1.807, 2.05) is 13.0 Å². The van der Waals surface area contributed by atoms with E-state index in [0.29, 0.717) is 38.2 Å². The van der Waals surface area contributed by atoms with Crippen molar-refractivity contribution >= 4 is 15.9 Å². The number of piperidine rings is 1. The molecule has 0 unspecified atom stereocenters. The first-order chi connectivity index (χ1) is 12.9. The summed E-state index contributed by atoms with van der Waals surface area (Å²) in [6.45, 7) is 3.81. The minimum absolute atomic E-state index is 0.00400. The number of carbonyl (C=O) groups is 1. The lowest BCUT2D eigenvalue weighted by Crippen LogP contribution is -2.44. The first-order valence-corrected chi connectivity index (χ1v) is 10.9. The number of sulfonamides is 1. The molecule has 3 rings (SSSR count). The van der Waals surface area contributed by atoms with Crippen LogP contribution in [0.2, 0.25) is 0 Å². The van der Waals surface area contributed by atoms with Gasteiger partial charge in [0.1, 0.15) is 10.6 Å². The maximum Gasteiger partial charge on any atom is 0.246 e. The fourth-order valence-electron chi connectivity index (χ4n) is 3.65. The Kier molecular flexibility index (Phi) is 6.39. The maximum atomic E-state index is 13.0. The van der Waals surface area contributed by atoms with Crippen molar-refractivity contribution < 1.29 is 22.7 Å². The molecule has 7 nitrogen and oxygen atoms in total. The van der Waals surface area contributed by atoms with Gasteiger partial charge in [0, 0.05) is 32.2 Å². The van der Waals surface area contributed by atoms with Gasteiger partial charge < -0.3 is 14.8 Å². The number of amides is 1. The Hall–Kier alpha value is -1.64. The van der Waals surface area contributed by atoms with Gasteiger partial charge in [-0.2, -0.15) is 4.31 Å². The summed E-state index contributed by atoms with van der Waals surface area (Å²) in [5, 5.41) is 2.95. The summed E-state index contributed by atoms with van der Waals surface area (Å²) < 4.78 is 38.3. The lowest BCUT2D eigenvalue weighted by molar-refractivity contribution is -0.126. The van der Waals surface area contributed by atoms with Gasteiger partial charge in [0.2, 0.25) is 15.9 Å². The van der Waals surface area contributed by atoms with E-state index in [-0.39, 0.29) is 22.8 Å². The predicted molar refractivity (Wildman–Crippen MR) is 101 cm³/mol. The van der Waals surface area contributed by atoms with Crippen molar-refractivity contribution in [2.75, 3.05) is 33.4 Å². The molecule has 1 aromatic rings. The molecule has 1 amide bonds. The molecule has 1 aromatic carbocycles. The Morgan fingerprint density at radius 2 is 2.04 bits per heavy atom. The highest BCUT2D eigenvalue weighted by Crippen LogP contribution is 2.30. The summed E-state index contributed by atoms with van der Waals surface area (Å²) in [6, 6.07) is 5.13. The molecule has 0 spiro atoms. The van der Waals surface area contributed by atoms with Gasteiger partial charge in [-0.05, 0) is 50.3 Å². The number of ether oxygens (including phenoxy) is 2. The molecule has 8 heteroatoms. The standard InChI is InChI=1S/C19H28N2O5S/c1-14-5-6-17(25-2)18(12-14)27(23,24)21-9-7-15(8-10-21)19(22)20-13-16-4-3-11-26-16/h5-6,12,15-16H,3-4,7-11,13H2,1-2H3,(H,20,22)/t16-/m0/s1. The highest BCUT2D eigenvalue weighted by Gasteiger charge is 2.34. The van der Waals surface area contributed by atoms with Crippen LogP contribution in [0, 0.1) is 12.8 Å². The fourth-order valence-corrected chi connectivity index (χ4v) is 5.36. The van der Waals surface area contributed by atoms with Crippen molar-refractivity contribution in [3.63, 3.8) is 0 Å². The molecule has 0 aliphatic carbocycles. The topological polar surface area (TPSA) is 84.9 Å². The molecule has 2 saturated heterocycles. The minimum atomic E-state index is -3.65. The van der Waals surface area contributed by atoms with Crippen molar-refractivity contribution in [3.8, 4) is 5.75 Å². The number of methoxy groups -OCH3 is 1. The molecule has 0 radical (unpaired) electrons. The Morgan fingerprint density at radius 3 is 2.67 bits per heavy atom. The van der Waals surface area contributed by atoms with Gasteiger partial charge in [0.15, 0.2) is 0 Å². The van der Waals surface area contributed by atoms with Crippen LogP contribution in [0.4, 0.5) is 0 Å². The normalized spacial score (nSPS) is 21.9. The predicted octanol–water partition coefficient (Wildman–Crippen LogP) is 1.70. The minimum Gasteiger partial charge on any atom is -0.495 e. The molecule has 2 aliphatic rings. The van der Waals surface area contributed by atoms with Crippen LogP contribution in [0.3, 0.4) is 0 Å². The number of nitrogens with zero attached hydrogens (tertiary/aromatic N) is 1. The van der Waals surface area contributed by atoms with Crippen LogP contribution in [0.15, 0.2) is 23.1 Å². The summed E-state index contributed by atoms with van der Waals surface area (Å²) in [6.07, 6.45) is 3.17. The molecule has 0 aromatic heterocycles. The quantitative estimate of drug-likeness (QED) is 0.791. The third-order valence-electron chi connectivity index (χ3n) is 5.29. The van der Waals surface area contributed by atoms with E-state index in [1.54, 1.807) is 12.1 Å². The van der Waals surface area contributed by atoms with E-state index < -0.39 is 10.0 Å². The third kappa shape index (κ3) is 4.62. The van der Waals surface area contributed by atoms with E-state index in [4.69, 9.17) is 9.47 Å². The molecular formula is C19H28N2O5S. The molecule has 1 atom stereocenters. The first-order valence-electron chi connectivity index (χ1n) is 9.46. The van der Waals surface area contributed by atoms with E-state index in [0.717, 1.165) is 25.0 Å². The zero-order chi connectivity index (χ0) is 19.4. The second-order valence-corrected chi connectivity index (χ2v) is 9.12. The smallest absolute Gasteiger partial charge is 0.246 e. The molecule has 2 heterocycles. The number of nitrogens with one attached hydrogen (secondary N) is 1. The van der Waals surface area contributed by atoms with E-state index >= 15 is 0 Å². The molecule has 0 bridgehead atoms. The molecule has 0 saturated carbocycles. The number of rotatable bonds is 6. The van der Waals surface area contributed by atoms with Crippen molar-refractivity contribution in [3.05, 3.63) is 23.8 Å². The fraction of sp³-hybridized carbons (Fsp3) is 0.632. The van der Waals surface area contributed by atoms with Gasteiger partial charge in [0.25, 0.3) is 0 Å². The summed E-state index contributed by atoms with van der Waals surface area (Å²) in [5.41, 5.74) is 0.859. The maximum absolute atomic E-state index is 13.0. The van der Waals surface area contributed by atoms with Crippen LogP contribution < -0.4 is 10.1 Å². The van der Waals surface area contributed by atoms with Gasteiger partial charge in [-0.25, -0.2) is 8.42 Å². The van der Waals surface area contributed by atoms with Crippen LogP contribution in [0.5, 0.6) is 5.75 Å². The van der Waals surface area contributed by atoms with Gasteiger partial charge in [-0.3, -0.25) is 4.79 Å². The number of aryl methyl sites for hydroxylation is 1. The molecule has 150 valence electrons. The van der Waals surface area contributed by atoms with Gasteiger partial charge in [-0.1, -0.05) is 6.07 Å². The summed E-state index contributed by atoms with van der Waals surface area (Å²) in [4.78, 5) is 12.6. The van der Waals surface area contributed by atoms with Gasteiger partial charge in [-0.15, -0.1) is 0 Å². The second-order valence-electron chi connectivity index (χ2n) is 7.21. The van der Waals surface area contributed by atoms with Crippen LogP contribution in [0.1, 0.15) is 31.2 Å². The van der Waals surface area contributed by atoms with Crippen molar-refractivity contribution in [2.24, 2.45) is 5.92 Å². The van der Waals surface area contributed by atoms with Crippen molar-refractivity contribution in [1.82, 2.24) is 9.62 Å². The largest absolute Gasteiger partial charge is 0.495 e. The highest BCUT2D eigenvalue weighted by atomic mass is 32.2. The van der Waals surface area contributed by atoms with Gasteiger partial charge >= 0.3 is 0 Å². The van der Waals surface area contributed by atoms with Gasteiger partial charge in [0.05, 0.1) is 13.2 Å². The average molecular weight is 397 g/mol. The van der Waals surface area contributed by atoms with E-state index in [9.17, 15) is 13.2 Å². The Labute approximate surface area is 161 Å². The summed E-state index contributed by atoms with van der Waals surface area (Å²) in [7, 11) is -2.18. The number of hydrogen-bond acceptors (Lipinski definition) is 5. The average Bonchev–Trinajstić information content (AvgIpc) is 3.20. The molecule has 1 N–H and O–H groups in total. The van der Waals surface area contributed by atoms with Crippen molar-refractivity contribution in [1.29, 1.82) is 0 Å². The zero-order valence-electron chi connectivity index (χ0n) is 15.9. The Balaban J connectivity index is 1.59. The van der Waals surface area contributed by atoms with E-state index in [2.05, 4.69) is 5.32 Å². The molecule has 2 fully saturated rings. The van der Waals surface area contributed by atoms with Crippen LogP contribution in [-0.2, 0) is 19.6 Å². The number of hydrogen-bond donors (Lipinski definition) is 1. The number of carbonyl (C=O) groups excluding carboxylic acids is 1. The van der Waals surface area contributed by atoms with Crippen LogP contribution >= 0.6 is 0 Å². The zero-order valence-corrected chi connectivity index (χ0v) is 16.8. The summed E-state index contributed by atoms with van der Waals surface area (Å²) >= 11 is 0. The first kappa shape index (κ1) is 20.1. The van der Waals surface area contributed by atoms with Crippen molar-refractivity contribution in [2.45, 2.75) is 43.6 Å². The lowest BCUT2D eigenvalue weighted by atomic mass is 9.97. The highest BCUT2D eigenvalue weighted by molar-refractivity contribution is 7.89. The SMILES string of the molecule is COc1ccc(C)cc1S(=O)(=O)N1CCC(C(=O)NC[C@@H]2CCCO2)CC1. The Morgan fingerprint density at radius 1 is 1.30 bits per heavy atom. The monoisotopic (exact) mass is 396 g/mol. The molecule has 2 aliphatic heterocycles. The Bertz CT molecular complexity index is 766. The number of benzene rings is 1. The lowest BCUT2D eigenvalue weighted by Gasteiger charge is -2.31. The van der Waals surface area contributed by atoms with E-state index in [1.165, 1.54) is 11.4 Å². The van der Waals surface area contributed by atoms with Crippen LogP contribution in [-0.4, -0.2) is 58.1 Å². The second kappa shape index (κ2) is 8.58. The molecule has 27 heavy (non-hydrogen) atoms. The summed E-state index contributed by atoms with van der Waals surface area (Å²) in [5.74, 6) is 0.185. The van der Waals surface area contributed by atoms with Crippen LogP contribution in [0.25, 0.3) is 0 Å². The molecular weight excluding hydrogens is 368 g/mol. The third-order valence-corrected chi connectivity index (χ3v) is 7.21.